The molecule has 2 aromatic carbocycles. The van der Waals surface area contributed by atoms with Gasteiger partial charge in [-0.05, 0) is 47.5 Å². The van der Waals surface area contributed by atoms with Gasteiger partial charge in [-0.3, -0.25) is 4.79 Å². The predicted molar refractivity (Wildman–Crippen MR) is 117 cm³/mol. The maximum absolute atomic E-state index is 12.4. The molecule has 2 aromatic rings. The average molecular weight is 393 g/mol. The summed E-state index contributed by atoms with van der Waals surface area (Å²) >= 11 is 0. The van der Waals surface area contributed by atoms with Crippen LogP contribution in [0.3, 0.4) is 0 Å². The molecule has 0 aliphatic carbocycles. The molecule has 0 saturated carbocycles. The van der Waals surface area contributed by atoms with Crippen molar-refractivity contribution in [2.45, 2.75) is 44.9 Å². The average Bonchev–Trinajstić information content (AvgIpc) is 2.66. The molecule has 0 bridgehead atoms. The topological polar surface area (TPSA) is 41.9 Å². The second-order valence-corrected chi connectivity index (χ2v) is 13.3. The molecule has 0 spiro atoms. The van der Waals surface area contributed by atoms with Crippen molar-refractivity contribution in [3.63, 3.8) is 0 Å². The van der Waals surface area contributed by atoms with Crippen LogP contribution in [-0.4, -0.2) is 25.4 Å². The van der Waals surface area contributed by atoms with Crippen molar-refractivity contribution >= 4 is 20.4 Å². The predicted octanol–water partition coefficient (Wildman–Crippen LogP) is 5.52. The van der Waals surface area contributed by atoms with E-state index in [1.165, 1.54) is 11.1 Å². The molecule has 0 fully saturated rings. The van der Waals surface area contributed by atoms with Gasteiger partial charge in [-0.2, -0.15) is 5.10 Å². The fourth-order valence-corrected chi connectivity index (χ4v) is 4.00. The molecule has 3 rings (SSSR count). The fraction of sp³-hybridized carbons (Fsp3) is 0.304. The lowest BCUT2D eigenvalue weighted by Crippen LogP contribution is -2.43. The summed E-state index contributed by atoms with van der Waals surface area (Å²) in [5.41, 5.74) is 3.05. The van der Waals surface area contributed by atoms with E-state index in [1.807, 2.05) is 48.5 Å². The molecular formula is C23H28N2O2Si. The van der Waals surface area contributed by atoms with E-state index in [2.05, 4.69) is 45.5 Å². The minimum absolute atomic E-state index is 0.135. The number of nitrogens with zero attached hydrogens (tertiary/aromatic N) is 2. The molecule has 1 unspecified atom stereocenters. The highest BCUT2D eigenvalue weighted by atomic mass is 28.4. The second-order valence-electron chi connectivity index (χ2n) is 8.59. The summed E-state index contributed by atoms with van der Waals surface area (Å²) in [5, 5.41) is 6.00. The first-order valence-electron chi connectivity index (χ1n) is 9.51. The Morgan fingerprint density at radius 2 is 1.79 bits per heavy atom. The first-order chi connectivity index (χ1) is 13.1. The highest BCUT2D eigenvalue weighted by molar-refractivity contribution is 6.74. The highest BCUT2D eigenvalue weighted by Crippen LogP contribution is 2.38. The Bertz CT molecular complexity index is 911. The molecule has 0 aromatic heterocycles. The van der Waals surface area contributed by atoms with Gasteiger partial charge in [-0.25, -0.2) is 5.01 Å². The van der Waals surface area contributed by atoms with Crippen molar-refractivity contribution in [3.05, 3.63) is 77.9 Å². The number of rotatable bonds is 4. The van der Waals surface area contributed by atoms with E-state index < -0.39 is 8.32 Å². The zero-order valence-electron chi connectivity index (χ0n) is 17.3. The lowest BCUT2D eigenvalue weighted by molar-refractivity contribution is -0.127. The van der Waals surface area contributed by atoms with Crippen molar-refractivity contribution in [1.29, 1.82) is 0 Å². The monoisotopic (exact) mass is 392 g/mol. The third-order valence-electron chi connectivity index (χ3n) is 5.63. The summed E-state index contributed by atoms with van der Waals surface area (Å²) in [6, 6.07) is 15.8. The number of carbonyl (C=O) groups excluding carboxylic acids is 1. The van der Waals surface area contributed by atoms with Gasteiger partial charge < -0.3 is 4.43 Å². The van der Waals surface area contributed by atoms with Gasteiger partial charge in [0.1, 0.15) is 11.8 Å². The molecule has 1 atom stereocenters. The van der Waals surface area contributed by atoms with E-state index >= 15 is 0 Å². The van der Waals surface area contributed by atoms with E-state index in [9.17, 15) is 4.79 Å². The number of fused-ring (bicyclic) bond motifs is 1. The van der Waals surface area contributed by atoms with Crippen LogP contribution in [0.5, 0.6) is 5.75 Å². The van der Waals surface area contributed by atoms with Gasteiger partial charge in [0.25, 0.3) is 5.91 Å². The lowest BCUT2D eigenvalue weighted by atomic mass is 9.93. The highest BCUT2D eigenvalue weighted by Gasteiger charge is 2.39. The summed E-state index contributed by atoms with van der Waals surface area (Å²) in [7, 11) is -1.90. The Morgan fingerprint density at radius 1 is 1.14 bits per heavy atom. The summed E-state index contributed by atoms with van der Waals surface area (Å²) in [4.78, 5) is 12.4. The van der Waals surface area contributed by atoms with Crippen LogP contribution in [0.4, 0.5) is 0 Å². The van der Waals surface area contributed by atoms with E-state index in [0.29, 0.717) is 0 Å². The first kappa shape index (κ1) is 20.1. The Morgan fingerprint density at radius 3 is 2.39 bits per heavy atom. The van der Waals surface area contributed by atoms with Crippen LogP contribution in [0, 0.1) is 0 Å². The van der Waals surface area contributed by atoms with Crippen LogP contribution in [-0.2, 0) is 4.79 Å². The molecule has 1 heterocycles. The van der Waals surface area contributed by atoms with Crippen LogP contribution in [0.1, 0.15) is 43.5 Å². The van der Waals surface area contributed by atoms with Gasteiger partial charge in [0.15, 0.2) is 0 Å². The molecule has 0 saturated heterocycles. The van der Waals surface area contributed by atoms with Gasteiger partial charge in [0.05, 0.1) is 6.21 Å². The van der Waals surface area contributed by atoms with Crippen molar-refractivity contribution in [2.75, 3.05) is 0 Å². The zero-order valence-corrected chi connectivity index (χ0v) is 18.3. The summed E-state index contributed by atoms with van der Waals surface area (Å²) in [6.45, 7) is 14.8. The van der Waals surface area contributed by atoms with Crippen LogP contribution >= 0.6 is 0 Å². The number of amides is 1. The second kappa shape index (κ2) is 7.39. The van der Waals surface area contributed by atoms with Crippen molar-refractivity contribution in [3.8, 4) is 5.75 Å². The van der Waals surface area contributed by atoms with Crippen molar-refractivity contribution in [2.24, 2.45) is 5.10 Å². The Labute approximate surface area is 168 Å². The van der Waals surface area contributed by atoms with Crippen molar-refractivity contribution in [1.82, 2.24) is 5.01 Å². The molecule has 1 aliphatic rings. The summed E-state index contributed by atoms with van der Waals surface area (Å²) in [6.07, 6.45) is 3.02. The van der Waals surface area contributed by atoms with E-state index in [4.69, 9.17) is 4.43 Å². The van der Waals surface area contributed by atoms with Gasteiger partial charge in [0, 0.05) is 5.56 Å². The van der Waals surface area contributed by atoms with Gasteiger partial charge >= 0.3 is 0 Å². The van der Waals surface area contributed by atoms with Gasteiger partial charge in [0.2, 0.25) is 8.32 Å². The van der Waals surface area contributed by atoms with E-state index in [-0.39, 0.29) is 17.0 Å². The normalized spacial score (nSPS) is 16.5. The standard InChI is InChI=1S/C23H28N2O2Si/c1-7-21(26)25-22(20-11-9-8-10-18(20)16-24-25)17-12-14-19(15-13-17)27-28(5,6)23(2,3)4/h7-16,22H,1H2,2-6H3. The fourth-order valence-electron chi connectivity index (χ4n) is 2.96. The lowest BCUT2D eigenvalue weighted by Gasteiger charge is -2.36. The molecular weight excluding hydrogens is 364 g/mol. The maximum Gasteiger partial charge on any atom is 0.266 e. The minimum Gasteiger partial charge on any atom is -0.544 e. The number of benzene rings is 2. The molecule has 1 aliphatic heterocycles. The molecule has 28 heavy (non-hydrogen) atoms. The Hall–Kier alpha value is -2.66. The van der Waals surface area contributed by atoms with Crippen LogP contribution in [0.2, 0.25) is 18.1 Å². The molecule has 1 amide bonds. The minimum atomic E-state index is -1.90. The Kier molecular flexibility index (Phi) is 5.30. The molecule has 146 valence electrons. The summed E-state index contributed by atoms with van der Waals surface area (Å²) < 4.78 is 6.39. The maximum atomic E-state index is 12.4. The molecule has 4 nitrogen and oxygen atoms in total. The number of carbonyl (C=O) groups is 1. The number of hydrogen-bond acceptors (Lipinski definition) is 3. The Balaban J connectivity index is 1.95. The van der Waals surface area contributed by atoms with Gasteiger partial charge in [-0.15, -0.1) is 0 Å². The zero-order chi connectivity index (χ0) is 20.5. The van der Waals surface area contributed by atoms with Crippen molar-refractivity contribution < 1.29 is 9.22 Å². The molecule has 5 heteroatoms. The molecule has 0 N–H and O–H groups in total. The SMILES string of the molecule is C=CC(=O)N1N=Cc2ccccc2C1c1ccc(O[Si](C)(C)C(C)(C)C)cc1. The summed E-state index contributed by atoms with van der Waals surface area (Å²) in [5.74, 6) is 0.641. The number of hydrazone groups is 1. The quantitative estimate of drug-likeness (QED) is 0.508. The largest absolute Gasteiger partial charge is 0.544 e. The van der Waals surface area contributed by atoms with E-state index in [1.54, 1.807) is 6.21 Å². The first-order valence-corrected chi connectivity index (χ1v) is 12.4. The van der Waals surface area contributed by atoms with Crippen LogP contribution in [0.15, 0.2) is 66.3 Å². The third-order valence-corrected chi connectivity index (χ3v) is 9.99. The third kappa shape index (κ3) is 3.80. The number of hydrogen-bond donors (Lipinski definition) is 0. The van der Waals surface area contributed by atoms with Gasteiger partial charge in [-0.1, -0.05) is 63.7 Å². The van der Waals surface area contributed by atoms with Crippen LogP contribution in [0.25, 0.3) is 0 Å². The molecule has 0 radical (unpaired) electrons. The van der Waals surface area contributed by atoms with E-state index in [0.717, 1.165) is 22.4 Å². The smallest absolute Gasteiger partial charge is 0.266 e. The van der Waals surface area contributed by atoms with Crippen LogP contribution < -0.4 is 4.43 Å².